The standard InChI is InChI=1S/C30H41N3O2/c1-3-4-17-33-28(19-31-30(33)26-13-9-6-10-14-26)22-32(20-24-11-7-5-8-12-24)21-25-15-16-29(35-2)27(18-25)23-34/h6,9-10,13-16,18-19,24,34H,3-5,7-8,11-12,17,20-23H2,1-2H3. The minimum absolute atomic E-state index is 0.0101. The van der Waals surface area contributed by atoms with Crippen LogP contribution >= 0.6 is 0 Å². The molecule has 0 radical (unpaired) electrons. The van der Waals surface area contributed by atoms with Gasteiger partial charge in [-0.15, -0.1) is 0 Å². The summed E-state index contributed by atoms with van der Waals surface area (Å²) in [6.07, 6.45) is 11.1. The molecule has 3 aromatic rings. The van der Waals surface area contributed by atoms with Crippen molar-refractivity contribution in [1.29, 1.82) is 0 Å². The third kappa shape index (κ3) is 6.74. The van der Waals surface area contributed by atoms with Crippen molar-refractivity contribution in [3.63, 3.8) is 0 Å². The summed E-state index contributed by atoms with van der Waals surface area (Å²) in [5.41, 5.74) is 4.52. The van der Waals surface area contributed by atoms with Crippen LogP contribution in [0.25, 0.3) is 11.4 Å². The molecule has 1 aromatic heterocycles. The molecule has 1 fully saturated rings. The Bertz CT molecular complexity index is 1040. The molecule has 1 N–H and O–H groups in total. The van der Waals surface area contributed by atoms with E-state index in [1.807, 2.05) is 6.07 Å². The number of aliphatic hydroxyl groups excluding tert-OH is 1. The van der Waals surface area contributed by atoms with E-state index in [9.17, 15) is 5.11 Å². The molecule has 0 bridgehead atoms. The lowest BCUT2D eigenvalue weighted by Crippen LogP contribution is -2.31. The van der Waals surface area contributed by atoms with Crippen molar-refractivity contribution in [1.82, 2.24) is 14.5 Å². The van der Waals surface area contributed by atoms with Gasteiger partial charge < -0.3 is 14.4 Å². The first-order chi connectivity index (χ1) is 17.2. The van der Waals surface area contributed by atoms with Crippen LogP contribution in [0.5, 0.6) is 5.75 Å². The second-order valence-corrected chi connectivity index (χ2v) is 9.92. The molecular weight excluding hydrogens is 434 g/mol. The van der Waals surface area contributed by atoms with Gasteiger partial charge in [-0.3, -0.25) is 4.90 Å². The summed E-state index contributed by atoms with van der Waals surface area (Å²) in [6, 6.07) is 16.8. The minimum Gasteiger partial charge on any atom is -0.496 e. The van der Waals surface area contributed by atoms with Crippen LogP contribution in [0.3, 0.4) is 0 Å². The van der Waals surface area contributed by atoms with Gasteiger partial charge in [-0.05, 0) is 42.9 Å². The Hall–Kier alpha value is -2.63. The number of hydrogen-bond acceptors (Lipinski definition) is 4. The summed E-state index contributed by atoms with van der Waals surface area (Å²) in [7, 11) is 1.66. The summed E-state index contributed by atoms with van der Waals surface area (Å²) in [4.78, 5) is 7.47. The van der Waals surface area contributed by atoms with Gasteiger partial charge in [-0.1, -0.05) is 69.0 Å². The number of unbranched alkanes of at least 4 members (excludes halogenated alkanes) is 1. The smallest absolute Gasteiger partial charge is 0.140 e. The number of nitrogens with zero attached hydrogens (tertiary/aromatic N) is 3. The molecule has 0 amide bonds. The van der Waals surface area contributed by atoms with Crippen molar-refractivity contribution in [2.24, 2.45) is 5.92 Å². The fourth-order valence-corrected chi connectivity index (χ4v) is 5.38. The van der Waals surface area contributed by atoms with Gasteiger partial charge in [0.1, 0.15) is 11.6 Å². The lowest BCUT2D eigenvalue weighted by Gasteiger charge is -2.30. The van der Waals surface area contributed by atoms with Crippen LogP contribution in [0.4, 0.5) is 0 Å². The average Bonchev–Trinajstić information content (AvgIpc) is 3.30. The topological polar surface area (TPSA) is 50.5 Å². The average molecular weight is 476 g/mol. The predicted octanol–water partition coefficient (Wildman–Crippen LogP) is 6.43. The maximum absolute atomic E-state index is 9.83. The van der Waals surface area contributed by atoms with E-state index in [1.165, 1.54) is 48.9 Å². The Labute approximate surface area is 210 Å². The first-order valence-corrected chi connectivity index (χ1v) is 13.3. The Kier molecular flexibility index (Phi) is 9.38. The van der Waals surface area contributed by atoms with Crippen LogP contribution in [0.1, 0.15) is 68.7 Å². The maximum Gasteiger partial charge on any atom is 0.140 e. The summed E-state index contributed by atoms with van der Waals surface area (Å²) in [5, 5.41) is 9.83. The highest BCUT2D eigenvalue weighted by atomic mass is 16.5. The van der Waals surface area contributed by atoms with Crippen molar-refractivity contribution in [3.8, 4) is 17.1 Å². The Morgan fingerprint density at radius 3 is 2.57 bits per heavy atom. The number of ether oxygens (including phenoxy) is 1. The highest BCUT2D eigenvalue weighted by Crippen LogP contribution is 2.28. The van der Waals surface area contributed by atoms with Crippen molar-refractivity contribution in [2.75, 3.05) is 13.7 Å². The molecule has 1 heterocycles. The maximum atomic E-state index is 9.83. The highest BCUT2D eigenvalue weighted by Gasteiger charge is 2.21. The zero-order valence-electron chi connectivity index (χ0n) is 21.5. The summed E-state index contributed by atoms with van der Waals surface area (Å²) >= 11 is 0. The Balaban J connectivity index is 1.60. The van der Waals surface area contributed by atoms with Crippen LogP contribution in [0.2, 0.25) is 0 Å². The lowest BCUT2D eigenvalue weighted by atomic mass is 9.89. The molecule has 35 heavy (non-hydrogen) atoms. The lowest BCUT2D eigenvalue weighted by molar-refractivity contribution is 0.183. The third-order valence-electron chi connectivity index (χ3n) is 7.25. The third-order valence-corrected chi connectivity index (χ3v) is 7.25. The number of imidazole rings is 1. The second-order valence-electron chi connectivity index (χ2n) is 9.92. The highest BCUT2D eigenvalue weighted by molar-refractivity contribution is 5.55. The molecule has 1 aliphatic rings. The number of methoxy groups -OCH3 is 1. The molecule has 188 valence electrons. The van der Waals surface area contributed by atoms with Gasteiger partial charge in [0, 0.05) is 37.3 Å². The molecule has 4 rings (SSSR count). The fourth-order valence-electron chi connectivity index (χ4n) is 5.38. The quantitative estimate of drug-likeness (QED) is 0.328. The van der Waals surface area contributed by atoms with E-state index in [0.29, 0.717) is 0 Å². The van der Waals surface area contributed by atoms with E-state index >= 15 is 0 Å². The number of aliphatic hydroxyl groups is 1. The van der Waals surface area contributed by atoms with E-state index in [2.05, 4.69) is 65.1 Å². The van der Waals surface area contributed by atoms with Crippen LogP contribution in [-0.4, -0.2) is 33.2 Å². The van der Waals surface area contributed by atoms with Gasteiger partial charge in [-0.2, -0.15) is 0 Å². The van der Waals surface area contributed by atoms with Gasteiger partial charge >= 0.3 is 0 Å². The number of rotatable bonds is 12. The number of aromatic nitrogens is 2. The van der Waals surface area contributed by atoms with E-state index in [1.54, 1.807) is 7.11 Å². The van der Waals surface area contributed by atoms with Crippen molar-refractivity contribution < 1.29 is 9.84 Å². The minimum atomic E-state index is -0.0101. The van der Waals surface area contributed by atoms with E-state index < -0.39 is 0 Å². The molecule has 5 heteroatoms. The summed E-state index contributed by atoms with van der Waals surface area (Å²) in [6.45, 7) is 6.05. The SMILES string of the molecule is CCCCn1c(CN(Cc2ccc(OC)c(CO)c2)CC2CCCCC2)cnc1-c1ccccc1. The number of benzene rings is 2. The largest absolute Gasteiger partial charge is 0.496 e. The van der Waals surface area contributed by atoms with Crippen LogP contribution < -0.4 is 4.74 Å². The van der Waals surface area contributed by atoms with Gasteiger partial charge in [0.25, 0.3) is 0 Å². The predicted molar refractivity (Wildman–Crippen MR) is 142 cm³/mol. The second kappa shape index (κ2) is 12.9. The monoisotopic (exact) mass is 475 g/mol. The first-order valence-electron chi connectivity index (χ1n) is 13.3. The van der Waals surface area contributed by atoms with Crippen molar-refractivity contribution in [2.45, 2.75) is 78.1 Å². The van der Waals surface area contributed by atoms with Crippen molar-refractivity contribution in [3.05, 3.63) is 71.5 Å². The molecule has 0 saturated heterocycles. The van der Waals surface area contributed by atoms with Crippen LogP contribution in [0, 0.1) is 5.92 Å². The molecule has 0 aliphatic heterocycles. The summed E-state index contributed by atoms with van der Waals surface area (Å²) < 4.78 is 7.86. The van der Waals surface area contributed by atoms with Crippen LogP contribution in [-0.2, 0) is 26.2 Å². The molecule has 0 unspecified atom stereocenters. The van der Waals surface area contributed by atoms with E-state index in [4.69, 9.17) is 9.72 Å². The Morgan fingerprint density at radius 2 is 1.86 bits per heavy atom. The Morgan fingerprint density at radius 1 is 1.06 bits per heavy atom. The van der Waals surface area contributed by atoms with Gasteiger partial charge in [0.05, 0.1) is 25.6 Å². The van der Waals surface area contributed by atoms with Gasteiger partial charge in [0.2, 0.25) is 0 Å². The van der Waals surface area contributed by atoms with Gasteiger partial charge in [0.15, 0.2) is 0 Å². The molecule has 1 aliphatic carbocycles. The molecule has 5 nitrogen and oxygen atoms in total. The van der Waals surface area contributed by atoms with E-state index in [-0.39, 0.29) is 6.61 Å². The molecule has 0 atom stereocenters. The van der Waals surface area contributed by atoms with E-state index in [0.717, 1.165) is 62.1 Å². The molecule has 1 saturated carbocycles. The summed E-state index contributed by atoms with van der Waals surface area (Å²) in [5.74, 6) is 2.57. The van der Waals surface area contributed by atoms with Crippen LogP contribution in [0.15, 0.2) is 54.7 Å². The van der Waals surface area contributed by atoms with Gasteiger partial charge in [-0.25, -0.2) is 4.98 Å². The van der Waals surface area contributed by atoms with Crippen molar-refractivity contribution >= 4 is 0 Å². The fraction of sp³-hybridized carbons (Fsp3) is 0.500. The zero-order chi connectivity index (χ0) is 24.5. The zero-order valence-corrected chi connectivity index (χ0v) is 21.5. The molecular formula is C30H41N3O2. The normalized spacial score (nSPS) is 14.5. The number of hydrogen-bond donors (Lipinski definition) is 1. The first kappa shape index (κ1) is 25.5. The molecule has 0 spiro atoms. The molecule has 2 aromatic carbocycles.